The maximum absolute atomic E-state index is 12.7. The molecule has 0 radical (unpaired) electrons. The summed E-state index contributed by atoms with van der Waals surface area (Å²) in [6, 6.07) is 21.9. The molecule has 27 heavy (non-hydrogen) atoms. The first-order valence-electron chi connectivity index (χ1n) is 8.41. The monoisotopic (exact) mass is 355 g/mol. The van der Waals surface area contributed by atoms with Crippen LogP contribution < -0.4 is 10.2 Å². The van der Waals surface area contributed by atoms with Gasteiger partial charge in [-0.15, -0.1) is 0 Å². The minimum atomic E-state index is -0.178. The number of benzene rings is 3. The lowest BCUT2D eigenvalue weighted by molar-refractivity contribution is 0.482. The van der Waals surface area contributed by atoms with E-state index in [0.29, 0.717) is 33.6 Å². The predicted molar refractivity (Wildman–Crippen MR) is 102 cm³/mol. The number of para-hydroxylation sites is 1. The molecule has 0 amide bonds. The minimum absolute atomic E-state index is 0.178. The van der Waals surface area contributed by atoms with Crippen LogP contribution in [0.4, 0.5) is 0 Å². The van der Waals surface area contributed by atoms with Gasteiger partial charge in [0, 0.05) is 11.6 Å². The van der Waals surface area contributed by atoms with Crippen LogP contribution in [0.25, 0.3) is 33.4 Å². The number of fused-ring (bicyclic) bond motifs is 3. The van der Waals surface area contributed by atoms with Crippen molar-refractivity contribution in [3.8, 4) is 22.8 Å². The maximum atomic E-state index is 12.7. The van der Waals surface area contributed by atoms with Gasteiger partial charge < -0.3 is 13.6 Å². The van der Waals surface area contributed by atoms with Crippen LogP contribution in [0, 0.1) is 0 Å². The first-order chi connectivity index (χ1) is 13.3. The normalized spacial score (nSPS) is 11.1. The van der Waals surface area contributed by atoms with E-state index in [0.717, 1.165) is 11.3 Å². The Kier molecular flexibility index (Phi) is 3.50. The Balaban J connectivity index is 1.60. The minimum Gasteiger partial charge on any atom is -0.457 e. The van der Waals surface area contributed by atoms with Gasteiger partial charge in [-0.25, -0.2) is 4.98 Å². The van der Waals surface area contributed by atoms with Crippen molar-refractivity contribution in [2.75, 3.05) is 0 Å². The summed E-state index contributed by atoms with van der Waals surface area (Å²) in [5.41, 5.74) is 2.09. The third-order valence-corrected chi connectivity index (χ3v) is 4.29. The van der Waals surface area contributed by atoms with Crippen LogP contribution in [0.5, 0.6) is 11.5 Å². The maximum Gasteiger partial charge on any atom is 0.197 e. The van der Waals surface area contributed by atoms with Gasteiger partial charge in [-0.2, -0.15) is 0 Å². The van der Waals surface area contributed by atoms with Crippen LogP contribution in [0.1, 0.15) is 0 Å². The van der Waals surface area contributed by atoms with Gasteiger partial charge in [0.25, 0.3) is 0 Å². The van der Waals surface area contributed by atoms with Crippen molar-refractivity contribution in [3.05, 3.63) is 89.4 Å². The molecular weight excluding hydrogens is 342 g/mol. The van der Waals surface area contributed by atoms with E-state index < -0.39 is 0 Å². The summed E-state index contributed by atoms with van der Waals surface area (Å²) in [5, 5.41) is 0.394. The number of rotatable bonds is 3. The highest BCUT2D eigenvalue weighted by Gasteiger charge is 2.13. The van der Waals surface area contributed by atoms with Crippen molar-refractivity contribution in [1.82, 2.24) is 4.98 Å². The summed E-state index contributed by atoms with van der Waals surface area (Å²) in [6.07, 6.45) is 1.32. The van der Waals surface area contributed by atoms with Gasteiger partial charge in [0.1, 0.15) is 33.7 Å². The van der Waals surface area contributed by atoms with E-state index >= 15 is 0 Å². The number of nitrogens with zero attached hydrogens (tertiary/aromatic N) is 1. The van der Waals surface area contributed by atoms with E-state index in [1.54, 1.807) is 12.1 Å². The zero-order chi connectivity index (χ0) is 18.2. The van der Waals surface area contributed by atoms with Gasteiger partial charge in [0.05, 0.1) is 0 Å². The molecule has 0 N–H and O–H groups in total. The fourth-order valence-corrected chi connectivity index (χ4v) is 3.05. The Hall–Kier alpha value is -3.86. The molecule has 0 atom stereocenters. The van der Waals surface area contributed by atoms with Crippen molar-refractivity contribution < 1.29 is 13.6 Å². The summed E-state index contributed by atoms with van der Waals surface area (Å²) in [6.45, 7) is 0. The van der Waals surface area contributed by atoms with Crippen molar-refractivity contribution in [1.29, 1.82) is 0 Å². The summed E-state index contributed by atoms with van der Waals surface area (Å²) >= 11 is 0. The highest BCUT2D eigenvalue weighted by atomic mass is 16.5. The molecule has 5 heteroatoms. The van der Waals surface area contributed by atoms with E-state index in [4.69, 9.17) is 13.6 Å². The second kappa shape index (κ2) is 6.14. The van der Waals surface area contributed by atoms with Crippen LogP contribution in [0.2, 0.25) is 0 Å². The zero-order valence-corrected chi connectivity index (χ0v) is 14.1. The molecule has 0 aliphatic heterocycles. The quantitative estimate of drug-likeness (QED) is 0.434. The Bertz CT molecular complexity index is 1320. The SMILES string of the molecule is O=c1cc(-c2cccc(Oc3ccccc3)c2)oc2ccc3ncoc3c12. The topological polar surface area (TPSA) is 65.5 Å². The molecular formula is C22H13NO4. The third kappa shape index (κ3) is 2.75. The molecule has 0 fully saturated rings. The van der Waals surface area contributed by atoms with Crippen LogP contribution in [0.3, 0.4) is 0 Å². The molecule has 2 heterocycles. The molecule has 0 saturated heterocycles. The number of hydrogen-bond donors (Lipinski definition) is 0. The van der Waals surface area contributed by atoms with Crippen LogP contribution in [-0.4, -0.2) is 4.98 Å². The Morgan fingerprint density at radius 3 is 2.59 bits per heavy atom. The molecule has 130 valence electrons. The van der Waals surface area contributed by atoms with Gasteiger partial charge in [-0.05, 0) is 36.4 Å². The number of aromatic nitrogens is 1. The lowest BCUT2D eigenvalue weighted by Gasteiger charge is -2.08. The number of oxazole rings is 1. The van der Waals surface area contributed by atoms with Crippen LogP contribution in [-0.2, 0) is 0 Å². The summed E-state index contributed by atoms with van der Waals surface area (Å²) in [7, 11) is 0. The molecule has 2 aromatic heterocycles. The second-order valence-corrected chi connectivity index (χ2v) is 6.06. The lowest BCUT2D eigenvalue weighted by atomic mass is 10.1. The average Bonchev–Trinajstić information content (AvgIpc) is 3.17. The molecule has 0 aliphatic rings. The van der Waals surface area contributed by atoms with Crippen LogP contribution in [0.15, 0.2) is 92.8 Å². The predicted octanol–water partition coefficient (Wildman–Crippen LogP) is 5.39. The highest BCUT2D eigenvalue weighted by Crippen LogP contribution is 2.30. The lowest BCUT2D eigenvalue weighted by Crippen LogP contribution is -2.00. The van der Waals surface area contributed by atoms with Gasteiger partial charge in [-0.3, -0.25) is 4.79 Å². The van der Waals surface area contributed by atoms with Gasteiger partial charge in [-0.1, -0.05) is 30.3 Å². The third-order valence-electron chi connectivity index (χ3n) is 4.29. The first-order valence-corrected chi connectivity index (χ1v) is 8.41. The van der Waals surface area contributed by atoms with E-state index in [1.165, 1.54) is 12.5 Å². The molecule has 5 aromatic rings. The Labute approximate surface area is 153 Å². The Morgan fingerprint density at radius 1 is 0.852 bits per heavy atom. The molecule has 0 unspecified atom stereocenters. The summed E-state index contributed by atoms with van der Waals surface area (Å²) < 4.78 is 17.2. The van der Waals surface area contributed by atoms with E-state index in [2.05, 4.69) is 4.98 Å². The standard InChI is InChI=1S/C22H13NO4/c24-18-12-20(27-19-10-9-17-22(21(18)19)25-13-23-17)14-5-4-8-16(11-14)26-15-6-2-1-3-7-15/h1-13H. The second-order valence-electron chi connectivity index (χ2n) is 6.06. The van der Waals surface area contributed by atoms with Crippen molar-refractivity contribution >= 4 is 22.1 Å². The molecule has 5 rings (SSSR count). The fourth-order valence-electron chi connectivity index (χ4n) is 3.05. The molecule has 0 aliphatic carbocycles. The molecule has 5 nitrogen and oxygen atoms in total. The van der Waals surface area contributed by atoms with Gasteiger partial charge >= 0.3 is 0 Å². The molecule has 0 bridgehead atoms. The molecule has 3 aromatic carbocycles. The van der Waals surface area contributed by atoms with Gasteiger partial charge in [0.15, 0.2) is 17.4 Å². The van der Waals surface area contributed by atoms with Crippen LogP contribution >= 0.6 is 0 Å². The largest absolute Gasteiger partial charge is 0.457 e. The molecule has 0 spiro atoms. The zero-order valence-electron chi connectivity index (χ0n) is 14.1. The van der Waals surface area contributed by atoms with E-state index in [1.807, 2.05) is 54.6 Å². The van der Waals surface area contributed by atoms with E-state index in [9.17, 15) is 4.79 Å². The average molecular weight is 355 g/mol. The number of hydrogen-bond acceptors (Lipinski definition) is 5. The van der Waals surface area contributed by atoms with Crippen molar-refractivity contribution in [2.45, 2.75) is 0 Å². The summed E-state index contributed by atoms with van der Waals surface area (Å²) in [5.74, 6) is 1.86. The van der Waals surface area contributed by atoms with Crippen molar-refractivity contribution in [2.24, 2.45) is 0 Å². The first kappa shape index (κ1) is 15.4. The smallest absolute Gasteiger partial charge is 0.197 e. The Morgan fingerprint density at radius 2 is 1.70 bits per heavy atom. The van der Waals surface area contributed by atoms with Gasteiger partial charge in [0.2, 0.25) is 0 Å². The molecule has 0 saturated carbocycles. The van der Waals surface area contributed by atoms with Crippen molar-refractivity contribution in [3.63, 3.8) is 0 Å². The van der Waals surface area contributed by atoms with E-state index in [-0.39, 0.29) is 5.43 Å². The fraction of sp³-hybridized carbons (Fsp3) is 0. The highest BCUT2D eigenvalue weighted by molar-refractivity contribution is 6.00. The summed E-state index contributed by atoms with van der Waals surface area (Å²) in [4.78, 5) is 16.8. The number of ether oxygens (including phenoxy) is 1.